The van der Waals surface area contributed by atoms with E-state index in [0.717, 1.165) is 15.8 Å². The molecule has 0 saturated carbocycles. The first kappa shape index (κ1) is 26.6. The van der Waals surface area contributed by atoms with Crippen molar-refractivity contribution >= 4 is 44.4 Å². The quantitative estimate of drug-likeness (QED) is 0.267. The number of nitrogens with zero attached hydrogens (tertiary/aromatic N) is 4. The highest BCUT2D eigenvalue weighted by molar-refractivity contribution is 7.22. The third-order valence-electron chi connectivity index (χ3n) is 6.33. The molecule has 1 atom stereocenters. The zero-order valence-corrected chi connectivity index (χ0v) is 22.8. The van der Waals surface area contributed by atoms with Crippen molar-refractivity contribution in [3.63, 3.8) is 0 Å². The Morgan fingerprint density at radius 3 is 2.83 bits per heavy atom. The number of hydrogen-bond donors (Lipinski definition) is 2. The van der Waals surface area contributed by atoms with Crippen LogP contribution in [0.1, 0.15) is 11.1 Å². The first-order valence-corrected chi connectivity index (χ1v) is 13.5. The standard InChI is InChI=1S/C28H24FN5O6S/c1-14-7-17(24-20(8-14)33-23(37-2)12-31-24)27-34-21-10-19(29)25-18(26(21)41-27)9-16(40-25)13-39-28(36)32-15-3-4-22(30-11-15)38-6-5-35/h3-4,7-8,10-12,16,35H,5-6,9,13H2,1-2H3,(H,32,36)/t16-/m1/s1. The van der Waals surface area contributed by atoms with E-state index in [1.807, 2.05) is 19.1 Å². The molecule has 41 heavy (non-hydrogen) atoms. The van der Waals surface area contributed by atoms with Gasteiger partial charge in [-0.1, -0.05) is 0 Å². The molecule has 1 aliphatic rings. The summed E-state index contributed by atoms with van der Waals surface area (Å²) in [5.74, 6) is 0.349. The van der Waals surface area contributed by atoms with Crippen LogP contribution in [0.4, 0.5) is 14.9 Å². The fourth-order valence-electron chi connectivity index (χ4n) is 4.56. The lowest BCUT2D eigenvalue weighted by Gasteiger charge is -2.12. The van der Waals surface area contributed by atoms with Crippen LogP contribution < -0.4 is 19.5 Å². The molecule has 3 aromatic heterocycles. The van der Waals surface area contributed by atoms with Crippen LogP contribution in [0.15, 0.2) is 42.7 Å². The van der Waals surface area contributed by atoms with Crippen molar-refractivity contribution in [2.45, 2.75) is 19.4 Å². The van der Waals surface area contributed by atoms with Gasteiger partial charge in [-0.2, -0.15) is 0 Å². The molecule has 0 fully saturated rings. The molecule has 0 bridgehead atoms. The van der Waals surface area contributed by atoms with Crippen molar-refractivity contribution < 1.29 is 33.2 Å². The number of methoxy groups -OCH3 is 1. The van der Waals surface area contributed by atoms with Crippen LogP contribution in [0.25, 0.3) is 31.8 Å². The molecule has 4 heterocycles. The molecule has 11 nitrogen and oxygen atoms in total. The van der Waals surface area contributed by atoms with Crippen LogP contribution in [0.2, 0.25) is 0 Å². The summed E-state index contributed by atoms with van der Waals surface area (Å²) >= 11 is 1.42. The number of carbonyl (C=O) groups is 1. The monoisotopic (exact) mass is 577 g/mol. The summed E-state index contributed by atoms with van der Waals surface area (Å²) in [7, 11) is 1.54. The number of hydrogen-bond acceptors (Lipinski definition) is 11. The number of nitrogens with one attached hydrogen (secondary N) is 1. The zero-order chi connectivity index (χ0) is 28.5. The van der Waals surface area contributed by atoms with E-state index >= 15 is 4.39 Å². The maximum Gasteiger partial charge on any atom is 0.411 e. The van der Waals surface area contributed by atoms with Crippen LogP contribution in [0, 0.1) is 12.7 Å². The molecule has 210 valence electrons. The molecule has 1 aliphatic heterocycles. The van der Waals surface area contributed by atoms with Crippen molar-refractivity contribution in [2.24, 2.45) is 0 Å². The Morgan fingerprint density at radius 1 is 1.17 bits per heavy atom. The summed E-state index contributed by atoms with van der Waals surface area (Å²) in [6, 6.07) is 8.41. The lowest BCUT2D eigenvalue weighted by atomic mass is 10.1. The minimum atomic E-state index is -0.704. The van der Waals surface area contributed by atoms with E-state index in [4.69, 9.17) is 29.0 Å². The lowest BCUT2D eigenvalue weighted by molar-refractivity contribution is 0.100. The number of pyridine rings is 1. The van der Waals surface area contributed by atoms with Crippen LogP contribution in [0.5, 0.6) is 17.5 Å². The van der Waals surface area contributed by atoms with Crippen molar-refractivity contribution in [1.82, 2.24) is 19.9 Å². The van der Waals surface area contributed by atoms with Crippen LogP contribution in [-0.2, 0) is 11.2 Å². The van der Waals surface area contributed by atoms with Gasteiger partial charge in [0.2, 0.25) is 11.8 Å². The highest BCUT2D eigenvalue weighted by atomic mass is 32.1. The molecule has 0 unspecified atom stereocenters. The number of aryl methyl sites for hydroxylation is 1. The number of carbonyl (C=O) groups excluding carboxylic acids is 1. The largest absolute Gasteiger partial charge is 0.483 e. The number of aromatic nitrogens is 4. The number of aliphatic hydroxyl groups excluding tert-OH is 1. The van der Waals surface area contributed by atoms with Gasteiger partial charge < -0.3 is 24.1 Å². The highest BCUT2D eigenvalue weighted by Gasteiger charge is 2.31. The van der Waals surface area contributed by atoms with Gasteiger partial charge in [-0.3, -0.25) is 5.32 Å². The molecule has 0 radical (unpaired) electrons. The van der Waals surface area contributed by atoms with Gasteiger partial charge in [0, 0.05) is 29.7 Å². The summed E-state index contributed by atoms with van der Waals surface area (Å²) in [6.45, 7) is 1.87. The second-order valence-electron chi connectivity index (χ2n) is 9.25. The number of benzene rings is 2. The number of rotatable bonds is 8. The Labute approximate surface area is 236 Å². The number of amides is 1. The van der Waals surface area contributed by atoms with Crippen LogP contribution >= 0.6 is 11.3 Å². The van der Waals surface area contributed by atoms with Gasteiger partial charge in [-0.05, 0) is 30.7 Å². The molecule has 5 aromatic rings. The van der Waals surface area contributed by atoms with E-state index in [-0.39, 0.29) is 25.6 Å². The minimum Gasteiger partial charge on any atom is -0.483 e. The van der Waals surface area contributed by atoms with Gasteiger partial charge in [0.25, 0.3) is 0 Å². The fourth-order valence-corrected chi connectivity index (χ4v) is 5.67. The van der Waals surface area contributed by atoms with Gasteiger partial charge in [0.05, 0.1) is 53.0 Å². The smallest absolute Gasteiger partial charge is 0.411 e. The number of thiazole rings is 1. The van der Waals surface area contributed by atoms with E-state index in [0.29, 0.717) is 51.0 Å². The molecule has 2 aromatic carbocycles. The fraction of sp³-hybridized carbons (Fsp3) is 0.250. The molecule has 0 saturated heterocycles. The Kier molecular flexibility index (Phi) is 7.20. The first-order chi connectivity index (χ1) is 19.9. The summed E-state index contributed by atoms with van der Waals surface area (Å²) in [6.07, 6.45) is 2.04. The number of aliphatic hydroxyl groups is 1. The Balaban J connectivity index is 1.18. The highest BCUT2D eigenvalue weighted by Crippen LogP contribution is 2.43. The third-order valence-corrected chi connectivity index (χ3v) is 7.50. The van der Waals surface area contributed by atoms with Gasteiger partial charge >= 0.3 is 6.09 Å². The van der Waals surface area contributed by atoms with E-state index in [2.05, 4.69) is 20.3 Å². The maximum atomic E-state index is 15.1. The van der Waals surface area contributed by atoms with Crippen LogP contribution in [-0.4, -0.2) is 64.2 Å². The second kappa shape index (κ2) is 11.1. The maximum absolute atomic E-state index is 15.1. The summed E-state index contributed by atoms with van der Waals surface area (Å²) in [5.41, 5.74) is 4.72. The SMILES string of the molecule is COc1cnc2c(-c3nc4cc(F)c5c(c4s3)C[C@H](COC(=O)Nc3ccc(OCCO)nc3)O5)cc(C)cc2n1. The summed E-state index contributed by atoms with van der Waals surface area (Å²) < 4.78 is 37.4. The minimum absolute atomic E-state index is 0.0851. The van der Waals surface area contributed by atoms with Crippen molar-refractivity contribution in [3.8, 4) is 28.1 Å². The lowest BCUT2D eigenvalue weighted by Crippen LogP contribution is -2.25. The Bertz CT molecular complexity index is 1760. The number of fused-ring (bicyclic) bond motifs is 4. The van der Waals surface area contributed by atoms with Crippen molar-refractivity contribution in [1.29, 1.82) is 0 Å². The van der Waals surface area contributed by atoms with E-state index in [9.17, 15) is 4.79 Å². The van der Waals surface area contributed by atoms with Crippen molar-refractivity contribution in [2.75, 3.05) is 32.2 Å². The Morgan fingerprint density at radius 2 is 2.05 bits per heavy atom. The van der Waals surface area contributed by atoms with Gasteiger partial charge in [-0.25, -0.2) is 29.1 Å². The van der Waals surface area contributed by atoms with E-state index < -0.39 is 18.0 Å². The van der Waals surface area contributed by atoms with Gasteiger partial charge in [0.1, 0.15) is 24.3 Å². The predicted molar refractivity (Wildman–Crippen MR) is 149 cm³/mol. The molecule has 1 amide bonds. The number of anilines is 1. The second-order valence-corrected chi connectivity index (χ2v) is 10.2. The molecule has 6 rings (SSSR count). The number of halogens is 1. The average molecular weight is 578 g/mol. The summed E-state index contributed by atoms with van der Waals surface area (Å²) in [5, 5.41) is 12.1. The molecular weight excluding hydrogens is 553 g/mol. The molecule has 0 spiro atoms. The normalized spacial score (nSPS) is 14.1. The van der Waals surface area contributed by atoms with E-state index in [1.54, 1.807) is 18.3 Å². The van der Waals surface area contributed by atoms with Gasteiger partial charge in [0.15, 0.2) is 11.6 Å². The molecule has 0 aliphatic carbocycles. The Hall–Kier alpha value is -4.62. The third kappa shape index (κ3) is 5.41. The first-order valence-electron chi connectivity index (χ1n) is 12.7. The average Bonchev–Trinajstić information content (AvgIpc) is 3.60. The van der Waals surface area contributed by atoms with Gasteiger partial charge in [-0.15, -0.1) is 11.3 Å². The zero-order valence-electron chi connectivity index (χ0n) is 22.0. The molecular formula is C28H24FN5O6S. The topological polar surface area (TPSA) is 138 Å². The van der Waals surface area contributed by atoms with Crippen LogP contribution in [0.3, 0.4) is 0 Å². The summed E-state index contributed by atoms with van der Waals surface area (Å²) in [4.78, 5) is 30.1. The predicted octanol–water partition coefficient (Wildman–Crippen LogP) is 4.68. The molecule has 2 N–H and O–H groups in total. The number of ether oxygens (including phenoxy) is 4. The van der Waals surface area contributed by atoms with Crippen molar-refractivity contribution in [3.05, 3.63) is 59.7 Å². The van der Waals surface area contributed by atoms with E-state index in [1.165, 1.54) is 30.7 Å². The molecule has 13 heteroatoms.